The van der Waals surface area contributed by atoms with Crippen LogP contribution in [0.2, 0.25) is 0 Å². The summed E-state index contributed by atoms with van der Waals surface area (Å²) in [7, 11) is 0. The number of hydrogen-bond acceptors (Lipinski definition) is 2. The van der Waals surface area contributed by atoms with Crippen molar-refractivity contribution < 1.29 is 0 Å². The Morgan fingerprint density at radius 3 is 1.57 bits per heavy atom. The molecule has 0 saturated heterocycles. The van der Waals surface area contributed by atoms with Crippen molar-refractivity contribution >= 4 is 57.2 Å². The van der Waals surface area contributed by atoms with Crippen LogP contribution in [0.15, 0.2) is 206 Å². The van der Waals surface area contributed by atoms with Crippen LogP contribution in [0.4, 0.5) is 34.1 Å². The van der Waals surface area contributed by atoms with Crippen molar-refractivity contribution in [3.8, 4) is 0 Å². The van der Waals surface area contributed by atoms with Crippen molar-refractivity contribution in [2.45, 2.75) is 31.6 Å². The molecule has 2 nitrogen and oxygen atoms in total. The predicted octanol–water partition coefficient (Wildman–Crippen LogP) is 11.4. The minimum atomic E-state index is -0.572. The molecule has 3 heteroatoms. The van der Waals surface area contributed by atoms with Gasteiger partial charge in [-0.25, -0.2) is 0 Å². The Labute approximate surface area is 331 Å². The molecular weight excluding hydrogens is 675 g/mol. The molecule has 2 aliphatic rings. The number of benzene rings is 8. The molecular formula is C53H43BN2. The van der Waals surface area contributed by atoms with Crippen molar-refractivity contribution in [1.29, 1.82) is 0 Å². The van der Waals surface area contributed by atoms with Crippen molar-refractivity contribution in [1.82, 2.24) is 0 Å². The highest BCUT2D eigenvalue weighted by atomic mass is 15.2. The Kier molecular flexibility index (Phi) is 8.08. The number of rotatable bonds is 6. The summed E-state index contributed by atoms with van der Waals surface area (Å²) in [5.74, 6) is 0. The van der Waals surface area contributed by atoms with Gasteiger partial charge in [0.15, 0.2) is 0 Å². The summed E-state index contributed by atoms with van der Waals surface area (Å²) in [5, 5.41) is 0. The van der Waals surface area contributed by atoms with E-state index in [4.69, 9.17) is 0 Å². The lowest BCUT2D eigenvalue weighted by Gasteiger charge is -2.50. The maximum absolute atomic E-state index is 2.60. The zero-order valence-electron chi connectivity index (χ0n) is 32.1. The van der Waals surface area contributed by atoms with Crippen LogP contribution in [0.1, 0.15) is 48.6 Å². The molecule has 2 aliphatic heterocycles. The predicted molar refractivity (Wildman–Crippen MR) is 237 cm³/mol. The summed E-state index contributed by atoms with van der Waals surface area (Å²) in [6, 6.07) is 76.4. The molecule has 0 aromatic heterocycles. The highest BCUT2D eigenvalue weighted by molar-refractivity contribution is 6.98. The van der Waals surface area contributed by atoms with E-state index < -0.39 is 5.41 Å². The summed E-state index contributed by atoms with van der Waals surface area (Å²) in [4.78, 5) is 4.98. The second kappa shape index (κ2) is 13.3. The van der Waals surface area contributed by atoms with E-state index in [2.05, 4.69) is 237 Å². The van der Waals surface area contributed by atoms with Gasteiger partial charge in [-0.05, 0) is 86.6 Å². The number of anilines is 6. The number of fused-ring (bicyclic) bond motifs is 4. The fourth-order valence-electron chi connectivity index (χ4n) is 9.41. The van der Waals surface area contributed by atoms with E-state index in [1.165, 1.54) is 61.3 Å². The normalized spacial score (nSPS) is 13.7. The van der Waals surface area contributed by atoms with Gasteiger partial charge in [-0.3, -0.25) is 0 Å². The molecule has 0 bridgehead atoms. The fraction of sp³-hybridized carbons (Fsp3) is 0.0943. The molecule has 8 aromatic rings. The Morgan fingerprint density at radius 1 is 0.446 bits per heavy atom. The molecule has 0 amide bonds. The van der Waals surface area contributed by atoms with E-state index in [0.717, 1.165) is 17.1 Å². The Bertz CT molecular complexity index is 2590. The number of nitrogens with zero attached hydrogens (tertiary/aromatic N) is 2. The minimum Gasteiger partial charge on any atom is -0.311 e. The summed E-state index contributed by atoms with van der Waals surface area (Å²) in [6.45, 7) is 7.01. The van der Waals surface area contributed by atoms with E-state index in [1.807, 2.05) is 0 Å². The molecule has 10 rings (SSSR count). The maximum Gasteiger partial charge on any atom is 0.246 e. The van der Waals surface area contributed by atoms with Crippen molar-refractivity contribution in [3.63, 3.8) is 0 Å². The van der Waals surface area contributed by atoms with Crippen molar-refractivity contribution in [2.24, 2.45) is 0 Å². The molecule has 8 aromatic carbocycles. The first-order valence-corrected chi connectivity index (χ1v) is 19.7. The molecule has 0 spiro atoms. The molecule has 268 valence electrons. The van der Waals surface area contributed by atoms with Crippen LogP contribution in [0.3, 0.4) is 0 Å². The van der Waals surface area contributed by atoms with Gasteiger partial charge in [0.25, 0.3) is 0 Å². The Balaban J connectivity index is 1.34. The van der Waals surface area contributed by atoms with Crippen LogP contribution in [0, 0.1) is 0 Å². The van der Waals surface area contributed by atoms with E-state index >= 15 is 0 Å². The second-order valence-electron chi connectivity index (χ2n) is 16.1. The lowest BCUT2D eigenvalue weighted by molar-refractivity contribution is 0.587. The first kappa shape index (κ1) is 34.0. The largest absolute Gasteiger partial charge is 0.311 e. The average Bonchev–Trinajstić information content (AvgIpc) is 3.25. The molecule has 0 N–H and O–H groups in total. The van der Waals surface area contributed by atoms with Crippen LogP contribution in [-0.4, -0.2) is 6.71 Å². The van der Waals surface area contributed by atoms with Crippen LogP contribution in [0.25, 0.3) is 0 Å². The quantitative estimate of drug-likeness (QED) is 0.158. The highest BCUT2D eigenvalue weighted by Gasteiger charge is 2.50. The molecule has 0 unspecified atom stereocenters. The average molecular weight is 719 g/mol. The van der Waals surface area contributed by atoms with E-state index in [1.54, 1.807) is 0 Å². The monoisotopic (exact) mass is 718 g/mol. The molecule has 0 fully saturated rings. The molecule has 0 atom stereocenters. The van der Waals surface area contributed by atoms with Gasteiger partial charge in [-0.2, -0.15) is 0 Å². The van der Waals surface area contributed by atoms with Gasteiger partial charge in [0, 0.05) is 28.4 Å². The summed E-state index contributed by atoms with van der Waals surface area (Å²) >= 11 is 0. The highest BCUT2D eigenvalue weighted by Crippen LogP contribution is 2.58. The molecule has 2 heterocycles. The second-order valence-corrected chi connectivity index (χ2v) is 16.1. The Hall–Kier alpha value is -6.58. The summed E-state index contributed by atoms with van der Waals surface area (Å²) < 4.78 is 0. The number of para-hydroxylation sites is 3. The van der Waals surface area contributed by atoms with Gasteiger partial charge in [-0.1, -0.05) is 190 Å². The van der Waals surface area contributed by atoms with Gasteiger partial charge in [0.2, 0.25) is 6.71 Å². The Morgan fingerprint density at radius 2 is 1.00 bits per heavy atom. The third-order valence-corrected chi connectivity index (χ3v) is 11.9. The zero-order valence-corrected chi connectivity index (χ0v) is 32.1. The van der Waals surface area contributed by atoms with Crippen molar-refractivity contribution in [2.75, 3.05) is 9.80 Å². The van der Waals surface area contributed by atoms with Crippen LogP contribution in [0.5, 0.6) is 0 Å². The smallest absolute Gasteiger partial charge is 0.246 e. The first-order valence-electron chi connectivity index (χ1n) is 19.7. The molecule has 0 saturated carbocycles. The lowest BCUT2D eigenvalue weighted by Crippen LogP contribution is -2.59. The topological polar surface area (TPSA) is 6.48 Å². The van der Waals surface area contributed by atoms with Crippen LogP contribution >= 0.6 is 0 Å². The van der Waals surface area contributed by atoms with Gasteiger partial charge in [-0.15, -0.1) is 0 Å². The van der Waals surface area contributed by atoms with E-state index in [-0.39, 0.29) is 12.1 Å². The van der Waals surface area contributed by atoms with Crippen LogP contribution in [-0.2, 0) is 10.8 Å². The third kappa shape index (κ3) is 5.26. The first-order chi connectivity index (χ1) is 27.4. The maximum atomic E-state index is 2.60. The zero-order chi connectivity index (χ0) is 37.9. The fourth-order valence-corrected chi connectivity index (χ4v) is 9.41. The van der Waals surface area contributed by atoms with E-state index in [9.17, 15) is 0 Å². The van der Waals surface area contributed by atoms with Crippen LogP contribution < -0.4 is 26.2 Å². The molecule has 0 aliphatic carbocycles. The standard InChI is InChI=1S/C53H43BN2/c1-52(2,3)40-32-35-49-46(36-40)53(38-20-9-4-10-21-38,39-22-11-5-12-23-39)45-30-19-31-48-51(45)56(49)50-37-44(33-34-47(50)54(48)41-24-13-6-14-25-41)55(42-26-15-7-16-27-42)43-28-17-8-18-29-43/h4-37H,1-3H3. The van der Waals surface area contributed by atoms with Gasteiger partial charge in [0.1, 0.15) is 0 Å². The van der Waals surface area contributed by atoms with Gasteiger partial charge >= 0.3 is 0 Å². The molecule has 0 radical (unpaired) electrons. The van der Waals surface area contributed by atoms with E-state index in [0.29, 0.717) is 0 Å². The van der Waals surface area contributed by atoms with Gasteiger partial charge < -0.3 is 9.80 Å². The molecule has 56 heavy (non-hydrogen) atoms. The minimum absolute atomic E-state index is 0.0352. The van der Waals surface area contributed by atoms with Crippen molar-refractivity contribution in [3.05, 3.63) is 234 Å². The number of hydrogen-bond donors (Lipinski definition) is 0. The summed E-state index contributed by atoms with van der Waals surface area (Å²) in [6.07, 6.45) is 0. The van der Waals surface area contributed by atoms with Gasteiger partial charge in [0.05, 0.1) is 11.1 Å². The SMILES string of the molecule is CC(C)(C)c1ccc2c(c1)C(c1ccccc1)(c1ccccc1)c1cccc3c1N2c1cc(N(c2ccccc2)c2ccccc2)ccc1B3c1ccccc1. The third-order valence-electron chi connectivity index (χ3n) is 11.9. The summed E-state index contributed by atoms with van der Waals surface area (Å²) in [5.41, 5.74) is 16.8. The lowest BCUT2D eigenvalue weighted by atomic mass is 9.34.